The summed E-state index contributed by atoms with van der Waals surface area (Å²) < 4.78 is 4.86. The van der Waals surface area contributed by atoms with Crippen molar-refractivity contribution in [2.45, 2.75) is 51.5 Å². The second kappa shape index (κ2) is 4.74. The van der Waals surface area contributed by atoms with Crippen LogP contribution in [-0.4, -0.2) is 25.7 Å². The molecule has 0 saturated heterocycles. The number of rotatable bonds is 7. The molecule has 3 nitrogen and oxygen atoms in total. The van der Waals surface area contributed by atoms with Crippen LogP contribution < -0.4 is 5.32 Å². The van der Waals surface area contributed by atoms with Gasteiger partial charge in [0.15, 0.2) is 0 Å². The molecule has 2 aliphatic carbocycles. The molecular weight excluding hydrogens is 202 g/mol. The van der Waals surface area contributed by atoms with Gasteiger partial charge in [0.25, 0.3) is 0 Å². The Morgan fingerprint density at radius 1 is 1.50 bits per heavy atom. The van der Waals surface area contributed by atoms with E-state index in [0.29, 0.717) is 11.3 Å². The summed E-state index contributed by atoms with van der Waals surface area (Å²) in [7, 11) is 1.48. The van der Waals surface area contributed by atoms with Crippen LogP contribution in [0.1, 0.15) is 45.4 Å². The Labute approximate surface area is 97.9 Å². The first kappa shape index (κ1) is 11.9. The third-order valence-corrected chi connectivity index (χ3v) is 3.98. The first-order valence-electron chi connectivity index (χ1n) is 6.52. The van der Waals surface area contributed by atoms with E-state index in [2.05, 4.69) is 12.2 Å². The van der Waals surface area contributed by atoms with Crippen LogP contribution >= 0.6 is 0 Å². The fourth-order valence-electron chi connectivity index (χ4n) is 2.55. The summed E-state index contributed by atoms with van der Waals surface area (Å²) in [6.07, 6.45) is 7.53. The highest BCUT2D eigenvalue weighted by Crippen LogP contribution is 2.49. The van der Waals surface area contributed by atoms with Gasteiger partial charge < -0.3 is 10.1 Å². The van der Waals surface area contributed by atoms with Gasteiger partial charge in [0.1, 0.15) is 6.04 Å². The molecular formula is C13H23NO2. The molecule has 2 rings (SSSR count). The average molecular weight is 225 g/mol. The predicted molar refractivity (Wildman–Crippen MR) is 63.1 cm³/mol. The largest absolute Gasteiger partial charge is 0.468 e. The van der Waals surface area contributed by atoms with Gasteiger partial charge in [0.2, 0.25) is 0 Å². The number of esters is 1. The van der Waals surface area contributed by atoms with Crippen LogP contribution in [0, 0.1) is 11.3 Å². The molecule has 2 saturated carbocycles. The molecule has 0 bridgehead atoms. The molecule has 0 spiro atoms. The second-order valence-corrected chi connectivity index (χ2v) is 5.47. The Morgan fingerprint density at radius 3 is 2.62 bits per heavy atom. The van der Waals surface area contributed by atoms with Gasteiger partial charge in [-0.15, -0.1) is 0 Å². The van der Waals surface area contributed by atoms with Crippen LogP contribution in [0.3, 0.4) is 0 Å². The van der Waals surface area contributed by atoms with Crippen LogP contribution in [0.15, 0.2) is 0 Å². The van der Waals surface area contributed by atoms with E-state index >= 15 is 0 Å². The number of carbonyl (C=O) groups excluding carboxylic acids is 1. The van der Waals surface area contributed by atoms with Crippen molar-refractivity contribution in [3.05, 3.63) is 0 Å². The molecule has 1 unspecified atom stereocenters. The van der Waals surface area contributed by atoms with Gasteiger partial charge in [-0.25, -0.2) is 0 Å². The lowest BCUT2D eigenvalue weighted by Crippen LogP contribution is -2.42. The van der Waals surface area contributed by atoms with Crippen molar-refractivity contribution < 1.29 is 9.53 Å². The summed E-state index contributed by atoms with van der Waals surface area (Å²) in [5.74, 6) is 0.458. The van der Waals surface area contributed by atoms with E-state index in [0.717, 1.165) is 6.54 Å². The molecule has 0 heterocycles. The minimum Gasteiger partial charge on any atom is -0.468 e. The summed E-state index contributed by atoms with van der Waals surface area (Å²) in [5.41, 5.74) is 0.510. The molecule has 2 aliphatic rings. The minimum atomic E-state index is -0.0743. The number of carbonyl (C=O) groups is 1. The van der Waals surface area contributed by atoms with Crippen molar-refractivity contribution in [3.63, 3.8) is 0 Å². The molecule has 0 aromatic heterocycles. The number of hydrogen-bond donors (Lipinski definition) is 1. The van der Waals surface area contributed by atoms with Gasteiger partial charge in [-0.2, -0.15) is 0 Å². The summed E-state index contributed by atoms with van der Waals surface area (Å²) in [4.78, 5) is 11.6. The molecule has 1 atom stereocenters. The minimum absolute atomic E-state index is 0.0423. The molecule has 0 amide bonds. The molecule has 2 fully saturated rings. The van der Waals surface area contributed by atoms with Crippen molar-refractivity contribution in [1.82, 2.24) is 5.32 Å². The maximum absolute atomic E-state index is 11.6. The highest BCUT2D eigenvalue weighted by Gasteiger charge is 2.44. The Kier molecular flexibility index (Phi) is 3.53. The number of hydrogen-bond acceptors (Lipinski definition) is 3. The van der Waals surface area contributed by atoms with Crippen LogP contribution in [-0.2, 0) is 9.53 Å². The lowest BCUT2D eigenvalue weighted by Gasteiger charge is -2.20. The molecule has 1 N–H and O–H groups in total. The molecule has 3 heteroatoms. The second-order valence-electron chi connectivity index (χ2n) is 5.47. The monoisotopic (exact) mass is 225 g/mol. The van der Waals surface area contributed by atoms with E-state index in [4.69, 9.17) is 4.74 Å². The van der Waals surface area contributed by atoms with E-state index in [1.165, 1.54) is 45.6 Å². The Bertz CT molecular complexity index is 257. The normalized spacial score (nSPS) is 23.9. The van der Waals surface area contributed by atoms with E-state index in [9.17, 15) is 4.79 Å². The third-order valence-electron chi connectivity index (χ3n) is 3.98. The fraction of sp³-hybridized carbons (Fsp3) is 0.923. The zero-order valence-electron chi connectivity index (χ0n) is 10.4. The van der Waals surface area contributed by atoms with Crippen molar-refractivity contribution in [2.24, 2.45) is 11.3 Å². The first-order chi connectivity index (χ1) is 7.71. The predicted octanol–water partition coefficient (Wildman–Crippen LogP) is 2.11. The van der Waals surface area contributed by atoms with E-state index < -0.39 is 0 Å². The van der Waals surface area contributed by atoms with Crippen molar-refractivity contribution in [3.8, 4) is 0 Å². The lowest BCUT2D eigenvalue weighted by atomic mass is 10.00. The number of nitrogens with one attached hydrogen (secondary N) is 1. The number of ether oxygens (including phenoxy) is 1. The number of methoxy groups -OCH3 is 1. The summed E-state index contributed by atoms with van der Waals surface area (Å²) in [6, 6.07) is -0.0423. The quantitative estimate of drug-likeness (QED) is 0.674. The first-order valence-corrected chi connectivity index (χ1v) is 6.52. The molecule has 0 radical (unpaired) electrons. The van der Waals surface area contributed by atoms with Gasteiger partial charge >= 0.3 is 5.97 Å². The van der Waals surface area contributed by atoms with Crippen LogP contribution in [0.2, 0.25) is 0 Å². The van der Waals surface area contributed by atoms with Gasteiger partial charge in [0.05, 0.1) is 7.11 Å². The smallest absolute Gasteiger partial charge is 0.323 e. The van der Waals surface area contributed by atoms with Crippen LogP contribution in [0.25, 0.3) is 0 Å². The average Bonchev–Trinajstić information content (AvgIpc) is 3.14. The molecule has 16 heavy (non-hydrogen) atoms. The maximum Gasteiger partial charge on any atom is 0.323 e. The highest BCUT2D eigenvalue weighted by atomic mass is 16.5. The maximum atomic E-state index is 11.6. The lowest BCUT2D eigenvalue weighted by molar-refractivity contribution is -0.143. The zero-order chi connectivity index (χ0) is 11.6. The Hall–Kier alpha value is -0.570. The molecule has 0 aromatic carbocycles. The standard InChI is InChI=1S/C13H23NO2/c1-3-6-13(7-8-13)9-14-11(10-4-5-10)12(15)16-2/h10-11,14H,3-9H2,1-2H3. The Balaban J connectivity index is 1.80. The van der Waals surface area contributed by atoms with Crippen molar-refractivity contribution >= 4 is 5.97 Å². The van der Waals surface area contributed by atoms with E-state index in [1.54, 1.807) is 0 Å². The topological polar surface area (TPSA) is 38.3 Å². The zero-order valence-corrected chi connectivity index (χ0v) is 10.4. The van der Waals surface area contributed by atoms with Crippen LogP contribution in [0.5, 0.6) is 0 Å². The van der Waals surface area contributed by atoms with Crippen molar-refractivity contribution in [1.29, 1.82) is 0 Å². The van der Waals surface area contributed by atoms with Gasteiger partial charge in [-0.1, -0.05) is 13.3 Å². The highest BCUT2D eigenvalue weighted by molar-refractivity contribution is 5.76. The van der Waals surface area contributed by atoms with Gasteiger partial charge in [0, 0.05) is 6.54 Å². The summed E-state index contributed by atoms with van der Waals surface area (Å²) in [5, 5.41) is 3.45. The van der Waals surface area contributed by atoms with Crippen LogP contribution in [0.4, 0.5) is 0 Å². The van der Waals surface area contributed by atoms with E-state index in [1.807, 2.05) is 0 Å². The van der Waals surface area contributed by atoms with Gasteiger partial charge in [-0.05, 0) is 43.4 Å². The third kappa shape index (κ3) is 2.76. The van der Waals surface area contributed by atoms with Crippen molar-refractivity contribution in [2.75, 3.05) is 13.7 Å². The SMILES string of the molecule is CCCC1(CNC(C(=O)OC)C2CC2)CC1. The van der Waals surface area contributed by atoms with E-state index in [-0.39, 0.29) is 12.0 Å². The fourth-order valence-corrected chi connectivity index (χ4v) is 2.55. The molecule has 92 valence electrons. The molecule has 0 aromatic rings. The summed E-state index contributed by atoms with van der Waals surface area (Å²) in [6.45, 7) is 3.23. The summed E-state index contributed by atoms with van der Waals surface area (Å²) >= 11 is 0. The Morgan fingerprint density at radius 2 is 2.19 bits per heavy atom. The molecule has 0 aliphatic heterocycles. The van der Waals surface area contributed by atoms with Gasteiger partial charge in [-0.3, -0.25) is 4.79 Å².